The first-order chi connectivity index (χ1) is 12.3. The summed E-state index contributed by atoms with van der Waals surface area (Å²) in [4.78, 5) is 0. The lowest BCUT2D eigenvalue weighted by atomic mass is 9.62. The molecule has 8 atom stereocenters. The van der Waals surface area contributed by atoms with Crippen molar-refractivity contribution >= 4 is 43.0 Å². The summed E-state index contributed by atoms with van der Waals surface area (Å²) in [6.45, 7) is 11.5. The average Bonchev–Trinajstić information content (AvgIpc) is 2.78. The molecule has 2 heterocycles. The second-order valence-electron chi connectivity index (χ2n) is 9.42. The zero-order chi connectivity index (χ0) is 22.0. The maximum Gasteiger partial charge on any atom is 0.389 e. The Bertz CT molecular complexity index is 661. The fraction of sp³-hybridized carbons (Fsp3) is 1.00. The van der Waals surface area contributed by atoms with Gasteiger partial charge in [0.15, 0.2) is 0 Å². The normalized spacial score (nSPS) is 50.6. The molecule has 0 saturated carbocycles. The zero-order valence-corrected chi connectivity index (χ0v) is 20.6. The van der Waals surface area contributed by atoms with Crippen molar-refractivity contribution < 1.29 is 33.3 Å². The molecule has 2 N–H and O–H groups in total. The van der Waals surface area contributed by atoms with Gasteiger partial charge >= 0.3 is 5.24 Å². The number of ether oxygens (including phenoxy) is 2. The molecule has 4 unspecified atom stereocenters. The van der Waals surface area contributed by atoms with E-state index in [2.05, 4.69) is 0 Å². The van der Waals surface area contributed by atoms with E-state index in [9.17, 15) is 14.8 Å². The molecule has 0 aromatic rings. The molecule has 2 rings (SSSR count). The summed E-state index contributed by atoms with van der Waals surface area (Å²) in [6.07, 6.45) is -1.70. The Morgan fingerprint density at radius 1 is 1.11 bits per heavy atom. The van der Waals surface area contributed by atoms with E-state index in [1.54, 1.807) is 56.7 Å². The van der Waals surface area contributed by atoms with Gasteiger partial charge in [-0.3, -0.25) is 9.05 Å². The minimum Gasteiger partial charge on any atom is -0.393 e. The topological polar surface area (TPSA) is 94.5 Å². The minimum absolute atomic E-state index is 0.185. The van der Waals surface area contributed by atoms with Crippen LogP contribution in [0.3, 0.4) is 0 Å². The first-order valence-corrected chi connectivity index (χ1v) is 13.6. The molecule has 0 amide bonds. The van der Waals surface area contributed by atoms with Crippen LogP contribution >= 0.6 is 27.3 Å². The first-order valence-electron chi connectivity index (χ1n) is 9.23. The summed E-state index contributed by atoms with van der Waals surface area (Å²) >= 11 is 1.61. The Kier molecular flexibility index (Phi) is 6.70. The summed E-state index contributed by atoms with van der Waals surface area (Å²) in [5.41, 5.74) is -5.22. The molecule has 4 radical (unpaired) electrons. The molecule has 158 valence electrons. The van der Waals surface area contributed by atoms with E-state index in [4.69, 9.17) is 34.2 Å². The summed E-state index contributed by atoms with van der Waals surface area (Å²) < 4.78 is 36.2. The third kappa shape index (κ3) is 4.27. The average molecular weight is 526 g/mol. The molecule has 0 aromatic carbocycles. The second-order valence-corrected chi connectivity index (χ2v) is 14.3. The number of hydrogen-bond donors (Lipinski definition) is 2. The standard InChI is InChI=1S/C17H30B2IO7P/c1-10-11(22)15(5,26-16(10,6)18)9-24-28(20,23)25-12-13(2,3)17(7,19)27-14(12,4)8-21/h10-12,21-22H,8-9H2,1-7H3/t10?,11?,12?,14?,15-,16-,17-,28-/m1/s1. The van der Waals surface area contributed by atoms with Gasteiger partial charge in [-0.15, -0.1) is 0 Å². The number of halogens is 1. The van der Waals surface area contributed by atoms with Gasteiger partial charge in [-0.25, -0.2) is 4.57 Å². The van der Waals surface area contributed by atoms with E-state index in [1.165, 1.54) is 0 Å². The predicted molar refractivity (Wildman–Crippen MR) is 116 cm³/mol. The maximum absolute atomic E-state index is 13.1. The smallest absolute Gasteiger partial charge is 0.389 e. The molecule has 2 saturated heterocycles. The SMILES string of the molecule is [B][C@]1(C)O[C@](C)(CO[P@](=O)(I)OC2C(C)(CO)O[C@]([B])(C)C2(C)C)C(O)C1C. The number of hydrogen-bond acceptors (Lipinski definition) is 7. The van der Waals surface area contributed by atoms with Gasteiger partial charge in [-0.1, -0.05) is 20.8 Å². The van der Waals surface area contributed by atoms with Crippen molar-refractivity contribution in [2.24, 2.45) is 11.3 Å². The van der Waals surface area contributed by atoms with Gasteiger partial charge in [0.25, 0.3) is 0 Å². The Labute approximate surface area is 183 Å². The Hall–Kier alpha value is 0.850. The summed E-state index contributed by atoms with van der Waals surface area (Å²) in [6, 6.07) is 0. The third-order valence-electron chi connectivity index (χ3n) is 6.44. The highest BCUT2D eigenvalue weighted by atomic mass is 127. The molecule has 0 aromatic heterocycles. The van der Waals surface area contributed by atoms with Crippen molar-refractivity contribution in [1.82, 2.24) is 0 Å². The van der Waals surface area contributed by atoms with Crippen LogP contribution in [0.25, 0.3) is 0 Å². The van der Waals surface area contributed by atoms with Crippen LogP contribution in [-0.2, 0) is 23.1 Å². The summed E-state index contributed by atoms with van der Waals surface area (Å²) in [7, 11) is 12.3. The van der Waals surface area contributed by atoms with Crippen molar-refractivity contribution in [2.75, 3.05) is 13.2 Å². The molecule has 28 heavy (non-hydrogen) atoms. The first kappa shape index (κ1) is 25.1. The van der Waals surface area contributed by atoms with Gasteiger partial charge in [0.2, 0.25) is 0 Å². The second kappa shape index (κ2) is 7.47. The van der Waals surface area contributed by atoms with Crippen LogP contribution in [0.15, 0.2) is 0 Å². The maximum atomic E-state index is 13.1. The van der Waals surface area contributed by atoms with E-state index in [1.807, 2.05) is 13.8 Å². The van der Waals surface area contributed by atoms with Crippen molar-refractivity contribution in [3.63, 3.8) is 0 Å². The van der Waals surface area contributed by atoms with E-state index in [0.717, 1.165) is 0 Å². The number of rotatable bonds is 6. The Morgan fingerprint density at radius 3 is 2.07 bits per heavy atom. The molecule has 0 bridgehead atoms. The van der Waals surface area contributed by atoms with Crippen LogP contribution in [-0.4, -0.2) is 73.5 Å². The van der Waals surface area contributed by atoms with Gasteiger partial charge in [0.1, 0.15) is 33.0 Å². The Morgan fingerprint density at radius 2 is 1.64 bits per heavy atom. The fourth-order valence-electron chi connectivity index (χ4n) is 4.03. The van der Waals surface area contributed by atoms with Crippen LogP contribution < -0.4 is 0 Å². The molecule has 2 fully saturated rings. The zero-order valence-electron chi connectivity index (χ0n) is 17.6. The number of aliphatic hydroxyl groups is 2. The molecule has 2 aliphatic heterocycles. The summed E-state index contributed by atoms with van der Waals surface area (Å²) in [5, 5.41) is 16.7. The highest BCUT2D eigenvalue weighted by Gasteiger charge is 2.63. The highest BCUT2D eigenvalue weighted by Crippen LogP contribution is 2.64. The van der Waals surface area contributed by atoms with Crippen molar-refractivity contribution in [1.29, 1.82) is 0 Å². The van der Waals surface area contributed by atoms with Crippen molar-refractivity contribution in [3.8, 4) is 0 Å². The van der Waals surface area contributed by atoms with E-state index >= 15 is 0 Å². The van der Waals surface area contributed by atoms with Crippen molar-refractivity contribution in [2.45, 2.75) is 82.9 Å². The minimum atomic E-state index is -3.66. The predicted octanol–water partition coefficient (Wildman–Crippen LogP) is 2.29. The molecule has 0 aliphatic carbocycles. The van der Waals surface area contributed by atoms with Crippen molar-refractivity contribution in [3.05, 3.63) is 0 Å². The fourth-order valence-corrected chi connectivity index (χ4v) is 6.34. The third-order valence-corrected chi connectivity index (χ3v) is 8.86. The molecule has 2 aliphatic rings. The monoisotopic (exact) mass is 526 g/mol. The van der Waals surface area contributed by atoms with Crippen LogP contribution in [0.1, 0.15) is 48.5 Å². The van der Waals surface area contributed by atoms with Gasteiger partial charge in [-0.05, 0) is 27.7 Å². The van der Waals surface area contributed by atoms with Gasteiger partial charge < -0.3 is 19.7 Å². The molecular formula is C17H30B2IO7P. The van der Waals surface area contributed by atoms with Gasteiger partial charge in [0.05, 0.1) is 41.4 Å². The molecule has 7 nitrogen and oxygen atoms in total. The van der Waals surface area contributed by atoms with Crippen LogP contribution in [0.4, 0.5) is 0 Å². The Balaban J connectivity index is 2.17. The molecule has 0 spiro atoms. The number of aliphatic hydroxyl groups excluding tert-OH is 2. The summed E-state index contributed by atoms with van der Waals surface area (Å²) in [5.74, 6) is -0.339. The van der Waals surface area contributed by atoms with Crippen LogP contribution in [0.2, 0.25) is 0 Å². The van der Waals surface area contributed by atoms with E-state index < -0.39 is 45.1 Å². The molecular weight excluding hydrogens is 496 g/mol. The lowest BCUT2D eigenvalue weighted by Gasteiger charge is -2.38. The quantitative estimate of drug-likeness (QED) is 0.312. The van der Waals surface area contributed by atoms with Gasteiger partial charge in [-0.2, -0.15) is 0 Å². The van der Waals surface area contributed by atoms with E-state index in [0.29, 0.717) is 0 Å². The highest BCUT2D eigenvalue weighted by molar-refractivity contribution is 14.2. The molecule has 11 heteroatoms. The van der Waals surface area contributed by atoms with Gasteiger partial charge in [0, 0.05) is 22.3 Å². The largest absolute Gasteiger partial charge is 0.393 e. The van der Waals surface area contributed by atoms with Crippen LogP contribution in [0.5, 0.6) is 0 Å². The van der Waals surface area contributed by atoms with Crippen LogP contribution in [0, 0.1) is 11.3 Å². The van der Waals surface area contributed by atoms with E-state index in [-0.39, 0.29) is 19.1 Å². The lowest BCUT2D eigenvalue weighted by Crippen LogP contribution is -2.47. The lowest BCUT2D eigenvalue weighted by molar-refractivity contribution is -0.110.